The molecule has 1 aromatic heterocycles. The molecule has 4 heterocycles. The molecule has 3 unspecified atom stereocenters. The van der Waals surface area contributed by atoms with Crippen LogP contribution in [0.5, 0.6) is 0 Å². The fraction of sp³-hybridized carbons (Fsp3) is 0.429. The zero-order valence-corrected chi connectivity index (χ0v) is 32.4. The minimum Gasteiger partial charge on any atom is -0.465 e. The van der Waals surface area contributed by atoms with Crippen molar-refractivity contribution in [2.24, 2.45) is 0 Å². The van der Waals surface area contributed by atoms with E-state index in [1.165, 1.54) is 4.90 Å². The van der Waals surface area contributed by atoms with E-state index < -0.39 is 23.8 Å². The molecule has 2 amide bonds. The number of carboxylic acid groups (broad SMARTS) is 1. The third-order valence-corrected chi connectivity index (χ3v) is 12.2. The topological polar surface area (TPSA) is 146 Å². The number of amides is 2. The van der Waals surface area contributed by atoms with Gasteiger partial charge in [0.1, 0.15) is 12.4 Å². The second-order valence-electron chi connectivity index (χ2n) is 15.4. The molecule has 3 atom stereocenters. The first kappa shape index (κ1) is 37.5. The molecule has 3 aliphatic heterocycles. The van der Waals surface area contributed by atoms with Gasteiger partial charge in [-0.25, -0.2) is 19.6 Å². The molecule has 0 radical (unpaired) electrons. The largest absolute Gasteiger partial charge is 0.465 e. The number of carbonyl (C=O) groups excluding carboxylic acids is 2. The number of rotatable bonds is 8. The first-order chi connectivity index (χ1) is 27.1. The van der Waals surface area contributed by atoms with Gasteiger partial charge >= 0.3 is 12.2 Å². The lowest BCUT2D eigenvalue weighted by atomic mass is 9.99. The summed E-state index contributed by atoms with van der Waals surface area (Å²) in [6, 6.07) is 22.7. The molecule has 0 bridgehead atoms. The summed E-state index contributed by atoms with van der Waals surface area (Å²) < 4.78 is 5.69. The molecule has 4 aliphatic rings. The monoisotopic (exact) mass is 776 g/mol. The highest BCUT2D eigenvalue weighted by Crippen LogP contribution is 2.46. The molecule has 1 N–H and O–H groups in total. The minimum atomic E-state index is -0.959. The van der Waals surface area contributed by atoms with E-state index in [4.69, 9.17) is 26.3 Å². The summed E-state index contributed by atoms with van der Waals surface area (Å²) in [4.78, 5) is 59.9. The number of fused-ring (bicyclic) bond motifs is 2. The quantitative estimate of drug-likeness (QED) is 0.199. The maximum absolute atomic E-state index is 14.8. The van der Waals surface area contributed by atoms with Crippen molar-refractivity contribution in [2.45, 2.75) is 76.3 Å². The van der Waals surface area contributed by atoms with Crippen molar-refractivity contribution in [2.75, 3.05) is 49.1 Å². The zero-order valence-electron chi connectivity index (χ0n) is 31.6. The SMILES string of the molecule is CC1CN(C2(C(=O)c3nc4c(c(N5CCN(C(=O)OCc6ccccc6)C(CC#N)C5)n3)CCN(c3cccc5cccc(Cl)c35)C4)CC2)CC(C)N1C(=O)O. The maximum Gasteiger partial charge on any atom is 0.410 e. The van der Waals surface area contributed by atoms with Gasteiger partial charge in [0.05, 0.1) is 41.3 Å². The van der Waals surface area contributed by atoms with E-state index in [0.717, 1.165) is 33.3 Å². The van der Waals surface area contributed by atoms with Crippen LogP contribution in [0.2, 0.25) is 5.02 Å². The number of hydrogen-bond acceptors (Lipinski definition) is 10. The van der Waals surface area contributed by atoms with E-state index in [9.17, 15) is 24.8 Å². The van der Waals surface area contributed by atoms with Crippen molar-refractivity contribution in [1.29, 1.82) is 5.26 Å². The molecular weight excluding hydrogens is 732 g/mol. The van der Waals surface area contributed by atoms with Crippen molar-refractivity contribution in [3.63, 3.8) is 0 Å². The summed E-state index contributed by atoms with van der Waals surface area (Å²) in [5.41, 5.74) is 2.76. The molecular formula is C42H45ClN8O5. The highest BCUT2D eigenvalue weighted by molar-refractivity contribution is 6.36. The molecule has 1 saturated carbocycles. The Bertz CT molecular complexity index is 2190. The fourth-order valence-electron chi connectivity index (χ4n) is 8.95. The Morgan fingerprint density at radius 3 is 2.36 bits per heavy atom. The first-order valence-corrected chi connectivity index (χ1v) is 19.7. The molecule has 290 valence electrons. The number of nitrogens with zero attached hydrogens (tertiary/aromatic N) is 8. The Hall–Kier alpha value is -5.45. The van der Waals surface area contributed by atoms with Crippen LogP contribution in [0.4, 0.5) is 21.1 Å². The van der Waals surface area contributed by atoms with E-state index in [1.807, 2.05) is 74.5 Å². The van der Waals surface area contributed by atoms with Crippen LogP contribution in [0.15, 0.2) is 66.7 Å². The predicted molar refractivity (Wildman–Crippen MR) is 212 cm³/mol. The number of aromatic nitrogens is 2. The number of anilines is 2. The van der Waals surface area contributed by atoms with Crippen LogP contribution in [0.3, 0.4) is 0 Å². The van der Waals surface area contributed by atoms with Crippen LogP contribution in [0.25, 0.3) is 10.8 Å². The zero-order chi connectivity index (χ0) is 39.1. The summed E-state index contributed by atoms with van der Waals surface area (Å²) in [5, 5.41) is 22.4. The number of benzene rings is 3. The molecule has 14 heteroatoms. The van der Waals surface area contributed by atoms with Crippen LogP contribution in [-0.4, -0.2) is 111 Å². The number of halogens is 1. The summed E-state index contributed by atoms with van der Waals surface area (Å²) in [5.74, 6) is 0.630. The number of ether oxygens (including phenoxy) is 1. The third kappa shape index (κ3) is 6.96. The lowest BCUT2D eigenvalue weighted by molar-refractivity contribution is 0.0166. The number of Topliss-reactive ketones (excluding diaryl/α,β-unsaturated/α-hetero) is 1. The Morgan fingerprint density at radius 2 is 1.66 bits per heavy atom. The van der Waals surface area contributed by atoms with Gasteiger partial charge in [0.2, 0.25) is 5.78 Å². The predicted octanol–water partition coefficient (Wildman–Crippen LogP) is 6.37. The number of ketones is 1. The highest BCUT2D eigenvalue weighted by Gasteiger charge is 2.57. The second-order valence-corrected chi connectivity index (χ2v) is 15.8. The molecule has 3 fully saturated rings. The van der Waals surface area contributed by atoms with E-state index in [-0.39, 0.29) is 36.7 Å². The molecule has 0 spiro atoms. The highest BCUT2D eigenvalue weighted by atomic mass is 35.5. The van der Waals surface area contributed by atoms with Gasteiger partial charge in [0, 0.05) is 68.0 Å². The normalized spacial score (nSPS) is 22.0. The average molecular weight is 777 g/mol. The van der Waals surface area contributed by atoms with E-state index in [0.29, 0.717) is 75.9 Å². The average Bonchev–Trinajstić information content (AvgIpc) is 4.01. The van der Waals surface area contributed by atoms with Crippen LogP contribution in [0.1, 0.15) is 60.5 Å². The van der Waals surface area contributed by atoms with Crippen LogP contribution >= 0.6 is 11.6 Å². The van der Waals surface area contributed by atoms with Crippen LogP contribution < -0.4 is 9.80 Å². The summed E-state index contributed by atoms with van der Waals surface area (Å²) in [6.07, 6.45) is 0.569. The van der Waals surface area contributed by atoms with Crippen molar-refractivity contribution in [3.8, 4) is 6.07 Å². The fourth-order valence-corrected chi connectivity index (χ4v) is 9.23. The van der Waals surface area contributed by atoms with Crippen molar-refractivity contribution in [1.82, 2.24) is 24.7 Å². The van der Waals surface area contributed by atoms with E-state index >= 15 is 0 Å². The Labute approximate surface area is 331 Å². The number of carbonyl (C=O) groups is 3. The summed E-state index contributed by atoms with van der Waals surface area (Å²) in [6.45, 7) is 6.96. The Morgan fingerprint density at radius 1 is 0.929 bits per heavy atom. The van der Waals surface area contributed by atoms with Crippen molar-refractivity contribution in [3.05, 3.63) is 94.4 Å². The van der Waals surface area contributed by atoms with Gasteiger partial charge < -0.3 is 29.4 Å². The molecule has 56 heavy (non-hydrogen) atoms. The number of nitriles is 1. The van der Waals surface area contributed by atoms with E-state index in [2.05, 4.69) is 26.8 Å². The Balaban J connectivity index is 1.12. The molecule has 13 nitrogen and oxygen atoms in total. The van der Waals surface area contributed by atoms with Crippen LogP contribution in [-0.2, 0) is 24.3 Å². The van der Waals surface area contributed by atoms with E-state index in [1.54, 1.807) is 4.90 Å². The minimum absolute atomic E-state index is 0.105. The smallest absolute Gasteiger partial charge is 0.410 e. The lowest BCUT2D eigenvalue weighted by Gasteiger charge is -2.45. The lowest BCUT2D eigenvalue weighted by Crippen LogP contribution is -2.62. The van der Waals surface area contributed by atoms with Gasteiger partial charge in [-0.1, -0.05) is 66.2 Å². The van der Waals surface area contributed by atoms with Gasteiger partial charge in [-0.2, -0.15) is 5.26 Å². The standard InChI is InChI=1S/C42H45ClN8O5/c1-27-22-49(23-28(2)51(27)40(53)54)42(16-17-42)37(52)38-45-34-25-47(35-13-7-11-30-10-6-12-33(43)36(30)35)19-15-32(34)39(46-38)48-20-21-50(31(24-48)14-18-44)41(55)56-26-29-8-4-3-5-9-29/h3-13,27-28,31H,14-17,19-26H2,1-2H3,(H,53,54). The Kier molecular flexibility index (Phi) is 10.2. The van der Waals surface area contributed by atoms with Gasteiger partial charge in [0.15, 0.2) is 5.82 Å². The molecule has 3 aromatic carbocycles. The van der Waals surface area contributed by atoms with Crippen LogP contribution in [0, 0.1) is 11.3 Å². The van der Waals surface area contributed by atoms with Crippen molar-refractivity contribution < 1.29 is 24.2 Å². The maximum atomic E-state index is 14.8. The summed E-state index contributed by atoms with van der Waals surface area (Å²) >= 11 is 6.77. The first-order valence-electron chi connectivity index (χ1n) is 19.3. The van der Waals surface area contributed by atoms with Gasteiger partial charge in [-0.15, -0.1) is 0 Å². The third-order valence-electron chi connectivity index (χ3n) is 11.9. The summed E-state index contributed by atoms with van der Waals surface area (Å²) in [7, 11) is 0. The van der Waals surface area contributed by atoms with Gasteiger partial charge in [0.25, 0.3) is 0 Å². The van der Waals surface area contributed by atoms with Crippen molar-refractivity contribution >= 4 is 51.8 Å². The van der Waals surface area contributed by atoms with Gasteiger partial charge in [-0.3, -0.25) is 9.69 Å². The number of piperazine rings is 2. The number of hydrogen-bond donors (Lipinski definition) is 1. The van der Waals surface area contributed by atoms with Gasteiger partial charge in [-0.05, 0) is 56.2 Å². The molecule has 4 aromatic rings. The second kappa shape index (κ2) is 15.2. The molecule has 1 aliphatic carbocycles. The molecule has 8 rings (SSSR count). The molecule has 2 saturated heterocycles.